The minimum absolute atomic E-state index is 0. The van der Waals surface area contributed by atoms with Gasteiger partial charge in [0.25, 0.3) is 0 Å². The van der Waals surface area contributed by atoms with Crippen LogP contribution in [0.15, 0.2) is 48.5 Å². The minimum atomic E-state index is -0.129. The lowest BCUT2D eigenvalue weighted by molar-refractivity contribution is 0.323. The molecular weight excluding hydrogens is 299 g/mol. The Labute approximate surface area is 137 Å². The average Bonchev–Trinajstić information content (AvgIpc) is 2.84. The van der Waals surface area contributed by atoms with Crippen LogP contribution in [0.1, 0.15) is 22.6 Å². The Balaban J connectivity index is 0.00000176. The molecule has 1 aliphatic heterocycles. The Morgan fingerprint density at radius 2 is 1.86 bits per heavy atom. The molecule has 0 radical (unpaired) electrons. The van der Waals surface area contributed by atoms with Gasteiger partial charge in [-0.2, -0.15) is 0 Å². The van der Waals surface area contributed by atoms with Gasteiger partial charge in [-0.15, -0.1) is 12.4 Å². The molecule has 0 saturated carbocycles. The van der Waals surface area contributed by atoms with Crippen LogP contribution in [0.25, 0.3) is 0 Å². The molecule has 4 heteroatoms. The molecule has 0 bridgehead atoms. The van der Waals surface area contributed by atoms with E-state index in [1.807, 2.05) is 18.2 Å². The predicted octanol–water partition coefficient (Wildman–Crippen LogP) is 3.48. The van der Waals surface area contributed by atoms with Gasteiger partial charge in [0.1, 0.15) is 5.82 Å². The molecule has 0 aliphatic carbocycles. The number of likely N-dealkylation sites (tertiary alicyclic amines) is 1. The van der Waals surface area contributed by atoms with E-state index in [1.165, 1.54) is 5.56 Å². The minimum Gasteiger partial charge on any atom is -0.326 e. The summed E-state index contributed by atoms with van der Waals surface area (Å²) in [4.78, 5) is 2.31. The Bertz CT molecular complexity index is 618. The van der Waals surface area contributed by atoms with E-state index >= 15 is 0 Å². The maximum atomic E-state index is 13.6. The van der Waals surface area contributed by atoms with E-state index in [0.29, 0.717) is 11.5 Å². The third-order valence-electron chi connectivity index (χ3n) is 4.31. The van der Waals surface area contributed by atoms with Gasteiger partial charge < -0.3 is 5.73 Å². The van der Waals surface area contributed by atoms with Gasteiger partial charge in [0.05, 0.1) is 0 Å². The molecule has 2 N–H and O–H groups in total. The third-order valence-corrected chi connectivity index (χ3v) is 4.31. The van der Waals surface area contributed by atoms with Crippen LogP contribution in [-0.2, 0) is 6.54 Å². The molecule has 1 heterocycles. The summed E-state index contributed by atoms with van der Waals surface area (Å²) in [6.45, 7) is 4.33. The molecular formula is C18H22ClFN2. The zero-order valence-corrected chi connectivity index (χ0v) is 13.5. The summed E-state index contributed by atoms with van der Waals surface area (Å²) >= 11 is 0. The van der Waals surface area contributed by atoms with Crippen LogP contribution in [0.2, 0.25) is 0 Å². The molecule has 0 unspecified atom stereocenters. The monoisotopic (exact) mass is 320 g/mol. The third kappa shape index (κ3) is 3.67. The molecule has 0 aromatic heterocycles. The van der Waals surface area contributed by atoms with E-state index in [2.05, 4.69) is 29.2 Å². The highest BCUT2D eigenvalue weighted by molar-refractivity contribution is 5.85. The van der Waals surface area contributed by atoms with Crippen molar-refractivity contribution in [3.8, 4) is 0 Å². The van der Waals surface area contributed by atoms with Gasteiger partial charge in [0, 0.05) is 31.6 Å². The van der Waals surface area contributed by atoms with Gasteiger partial charge in [-0.3, -0.25) is 4.90 Å². The summed E-state index contributed by atoms with van der Waals surface area (Å²) in [5.74, 6) is 0.233. The number of halogens is 2. The standard InChI is InChI=1S/C18H21FN2.ClH/c1-13-7-8-14(9-17(13)19)10-21-11-16(18(20)12-21)15-5-3-2-4-6-15;/h2-9,16,18H,10-12,20H2,1H3;1H/t16-,18+;/m0./s1. The van der Waals surface area contributed by atoms with Gasteiger partial charge in [0.15, 0.2) is 0 Å². The molecule has 3 rings (SSSR count). The first kappa shape index (κ1) is 16.9. The smallest absolute Gasteiger partial charge is 0.126 e. The van der Waals surface area contributed by atoms with Crippen molar-refractivity contribution in [3.63, 3.8) is 0 Å². The number of aryl methyl sites for hydroxylation is 1. The Morgan fingerprint density at radius 1 is 1.14 bits per heavy atom. The average molecular weight is 321 g/mol. The van der Waals surface area contributed by atoms with Crippen molar-refractivity contribution < 1.29 is 4.39 Å². The second kappa shape index (κ2) is 7.23. The molecule has 118 valence electrons. The number of hydrogen-bond acceptors (Lipinski definition) is 2. The summed E-state index contributed by atoms with van der Waals surface area (Å²) in [5.41, 5.74) is 9.29. The zero-order valence-electron chi connectivity index (χ0n) is 12.7. The second-order valence-corrected chi connectivity index (χ2v) is 5.96. The van der Waals surface area contributed by atoms with E-state index in [0.717, 1.165) is 25.2 Å². The van der Waals surface area contributed by atoms with E-state index in [4.69, 9.17) is 5.73 Å². The Kier molecular flexibility index (Phi) is 5.57. The van der Waals surface area contributed by atoms with Crippen LogP contribution in [-0.4, -0.2) is 24.0 Å². The fraction of sp³-hybridized carbons (Fsp3) is 0.333. The van der Waals surface area contributed by atoms with E-state index in [9.17, 15) is 4.39 Å². The summed E-state index contributed by atoms with van der Waals surface area (Å²) in [7, 11) is 0. The fourth-order valence-electron chi connectivity index (χ4n) is 3.09. The molecule has 1 fully saturated rings. The first-order valence-corrected chi connectivity index (χ1v) is 7.41. The lowest BCUT2D eigenvalue weighted by atomic mass is 9.95. The van der Waals surface area contributed by atoms with Gasteiger partial charge in [-0.05, 0) is 29.7 Å². The van der Waals surface area contributed by atoms with Gasteiger partial charge in [-0.25, -0.2) is 4.39 Å². The number of hydrogen-bond donors (Lipinski definition) is 1. The van der Waals surface area contributed by atoms with Crippen molar-refractivity contribution in [2.45, 2.75) is 25.4 Å². The maximum absolute atomic E-state index is 13.6. The summed E-state index contributed by atoms with van der Waals surface area (Å²) in [6, 6.07) is 16.0. The van der Waals surface area contributed by atoms with Crippen LogP contribution < -0.4 is 5.73 Å². The zero-order chi connectivity index (χ0) is 14.8. The lowest BCUT2D eigenvalue weighted by Crippen LogP contribution is -2.28. The van der Waals surface area contributed by atoms with E-state index < -0.39 is 0 Å². The topological polar surface area (TPSA) is 29.3 Å². The van der Waals surface area contributed by atoms with Crippen LogP contribution in [0.5, 0.6) is 0 Å². The largest absolute Gasteiger partial charge is 0.326 e. The molecule has 0 spiro atoms. The van der Waals surface area contributed by atoms with Crippen molar-refractivity contribution in [2.24, 2.45) is 5.73 Å². The number of nitrogens with zero attached hydrogens (tertiary/aromatic N) is 1. The van der Waals surface area contributed by atoms with Crippen LogP contribution in [0, 0.1) is 12.7 Å². The van der Waals surface area contributed by atoms with Gasteiger partial charge in [0.2, 0.25) is 0 Å². The molecule has 1 aliphatic rings. The summed E-state index contributed by atoms with van der Waals surface area (Å²) in [6.07, 6.45) is 0. The molecule has 2 aromatic rings. The molecule has 2 nitrogen and oxygen atoms in total. The Hall–Kier alpha value is -1.42. The van der Waals surface area contributed by atoms with Crippen molar-refractivity contribution in [1.82, 2.24) is 4.90 Å². The van der Waals surface area contributed by atoms with Crippen LogP contribution >= 0.6 is 12.4 Å². The van der Waals surface area contributed by atoms with Crippen molar-refractivity contribution in [3.05, 3.63) is 71.0 Å². The van der Waals surface area contributed by atoms with Crippen LogP contribution in [0.3, 0.4) is 0 Å². The molecule has 0 amide bonds. The van der Waals surface area contributed by atoms with E-state index in [1.54, 1.807) is 13.0 Å². The van der Waals surface area contributed by atoms with Gasteiger partial charge in [-0.1, -0.05) is 42.5 Å². The molecule has 2 aromatic carbocycles. The van der Waals surface area contributed by atoms with Crippen molar-refractivity contribution in [1.29, 1.82) is 0 Å². The maximum Gasteiger partial charge on any atom is 0.126 e. The summed E-state index contributed by atoms with van der Waals surface area (Å²) in [5, 5.41) is 0. The lowest BCUT2D eigenvalue weighted by Gasteiger charge is -2.16. The van der Waals surface area contributed by atoms with Gasteiger partial charge >= 0.3 is 0 Å². The van der Waals surface area contributed by atoms with Crippen molar-refractivity contribution in [2.75, 3.05) is 13.1 Å². The fourth-order valence-corrected chi connectivity index (χ4v) is 3.09. The normalized spacial score (nSPS) is 21.6. The Morgan fingerprint density at radius 3 is 2.55 bits per heavy atom. The van der Waals surface area contributed by atoms with E-state index in [-0.39, 0.29) is 24.3 Å². The molecule has 1 saturated heterocycles. The van der Waals surface area contributed by atoms with Crippen molar-refractivity contribution >= 4 is 12.4 Å². The molecule has 2 atom stereocenters. The second-order valence-electron chi connectivity index (χ2n) is 5.96. The SMILES string of the molecule is Cc1ccc(CN2C[C@@H](N)[C@H](c3ccccc3)C2)cc1F.Cl. The highest BCUT2D eigenvalue weighted by Crippen LogP contribution is 2.27. The van der Waals surface area contributed by atoms with Crippen LogP contribution in [0.4, 0.5) is 4.39 Å². The highest BCUT2D eigenvalue weighted by Gasteiger charge is 2.30. The number of nitrogens with two attached hydrogens (primary N) is 1. The first-order valence-electron chi connectivity index (χ1n) is 7.41. The predicted molar refractivity (Wildman–Crippen MR) is 90.8 cm³/mol. The number of rotatable bonds is 3. The highest BCUT2D eigenvalue weighted by atomic mass is 35.5. The number of benzene rings is 2. The molecule has 22 heavy (non-hydrogen) atoms. The first-order chi connectivity index (χ1) is 10.1. The summed E-state index contributed by atoms with van der Waals surface area (Å²) < 4.78 is 13.6. The quantitative estimate of drug-likeness (QED) is 0.938.